The largest absolute Gasteiger partial charge is 0.478 e. The fourth-order valence-corrected chi connectivity index (χ4v) is 3.48. The zero-order chi connectivity index (χ0) is 18.7. The Hall–Kier alpha value is -2.34. The molecule has 0 aliphatic carbocycles. The number of aromatic carboxylic acids is 1. The molecule has 2 aromatic rings. The van der Waals surface area contributed by atoms with E-state index in [-0.39, 0.29) is 11.1 Å². The van der Waals surface area contributed by atoms with Gasteiger partial charge in [-0.05, 0) is 70.3 Å². The number of aromatic nitrogens is 2. The van der Waals surface area contributed by atoms with Crippen LogP contribution < -0.4 is 0 Å². The smallest absolute Gasteiger partial charge is 0.336 e. The molecule has 0 atom stereocenters. The number of carbonyl (C=O) groups is 1. The average molecular weight is 357 g/mol. The van der Waals surface area contributed by atoms with E-state index in [1.165, 1.54) is 12.1 Å². The summed E-state index contributed by atoms with van der Waals surface area (Å²) < 4.78 is 13.5. The molecule has 0 bridgehead atoms. The number of halogens is 1. The van der Waals surface area contributed by atoms with E-state index < -0.39 is 11.8 Å². The van der Waals surface area contributed by atoms with Crippen LogP contribution in [-0.4, -0.2) is 45.1 Å². The summed E-state index contributed by atoms with van der Waals surface area (Å²) in [6.07, 6.45) is 6.39. The Balaban J connectivity index is 1.70. The summed E-state index contributed by atoms with van der Waals surface area (Å²) >= 11 is 0. The Bertz CT molecular complexity index is 769. The molecule has 1 aliphatic rings. The van der Waals surface area contributed by atoms with Crippen LogP contribution >= 0.6 is 0 Å². The molecule has 1 aromatic carbocycles. The van der Waals surface area contributed by atoms with Gasteiger partial charge in [0.05, 0.1) is 23.1 Å². The maximum atomic E-state index is 13.5. The van der Waals surface area contributed by atoms with Gasteiger partial charge in [0, 0.05) is 17.8 Å². The maximum Gasteiger partial charge on any atom is 0.336 e. The zero-order valence-corrected chi connectivity index (χ0v) is 15.2. The second-order valence-corrected chi connectivity index (χ2v) is 7.17. The van der Waals surface area contributed by atoms with E-state index in [0.29, 0.717) is 17.7 Å². The highest BCUT2D eigenvalue weighted by atomic mass is 19.1. The van der Waals surface area contributed by atoms with Gasteiger partial charge in [-0.15, -0.1) is 0 Å². The summed E-state index contributed by atoms with van der Waals surface area (Å²) in [4.78, 5) is 22.6. The summed E-state index contributed by atoms with van der Waals surface area (Å²) in [5.74, 6) is -1.01. The third-order valence-electron chi connectivity index (χ3n) is 5.07. The molecule has 1 aliphatic heterocycles. The highest BCUT2D eigenvalue weighted by Gasteiger charge is 2.21. The van der Waals surface area contributed by atoms with Crippen molar-refractivity contribution in [2.45, 2.75) is 39.2 Å². The van der Waals surface area contributed by atoms with Crippen LogP contribution in [0.25, 0.3) is 11.3 Å². The monoisotopic (exact) mass is 357 g/mol. The minimum absolute atomic E-state index is 0.0227. The first-order valence-electron chi connectivity index (χ1n) is 9.02. The van der Waals surface area contributed by atoms with Crippen molar-refractivity contribution in [3.63, 3.8) is 0 Å². The second kappa shape index (κ2) is 7.91. The Kier molecular flexibility index (Phi) is 5.61. The fourth-order valence-electron chi connectivity index (χ4n) is 3.48. The molecule has 6 heteroatoms. The van der Waals surface area contributed by atoms with Gasteiger partial charge < -0.3 is 10.0 Å². The first-order chi connectivity index (χ1) is 12.4. The van der Waals surface area contributed by atoms with Crippen molar-refractivity contribution in [1.29, 1.82) is 0 Å². The van der Waals surface area contributed by atoms with Crippen molar-refractivity contribution in [3.8, 4) is 11.3 Å². The molecule has 1 aromatic heterocycles. The minimum atomic E-state index is -1.11. The van der Waals surface area contributed by atoms with Crippen LogP contribution in [0.1, 0.15) is 42.7 Å². The number of likely N-dealkylation sites (tertiary alicyclic amines) is 1. The van der Waals surface area contributed by atoms with Gasteiger partial charge in [0.2, 0.25) is 0 Å². The molecule has 0 amide bonds. The molecule has 1 N–H and O–H groups in total. The molecule has 0 unspecified atom stereocenters. The summed E-state index contributed by atoms with van der Waals surface area (Å²) in [7, 11) is 0. The lowest BCUT2D eigenvalue weighted by molar-refractivity contribution is 0.0697. The average Bonchev–Trinajstić information content (AvgIpc) is 2.62. The molecule has 26 heavy (non-hydrogen) atoms. The Morgan fingerprint density at radius 1 is 1.27 bits per heavy atom. The maximum absolute atomic E-state index is 13.5. The van der Waals surface area contributed by atoms with E-state index in [0.717, 1.165) is 44.1 Å². The Labute approximate surface area is 152 Å². The van der Waals surface area contributed by atoms with E-state index in [2.05, 4.69) is 28.7 Å². The van der Waals surface area contributed by atoms with Crippen LogP contribution in [0.2, 0.25) is 0 Å². The van der Waals surface area contributed by atoms with Gasteiger partial charge in [-0.2, -0.15) is 0 Å². The standard InChI is InChI=1S/C20H24FN3O2/c1-13(2)24-7-5-14(6-8-24)9-16-11-23-19(12-22-16)18-10-15(21)3-4-17(18)20(25)26/h3-4,10-14H,5-9H2,1-2H3,(H,25,26). The topological polar surface area (TPSA) is 66.3 Å². The summed E-state index contributed by atoms with van der Waals surface area (Å²) in [6, 6.07) is 4.17. The molecular weight excluding hydrogens is 333 g/mol. The number of nitrogens with zero attached hydrogens (tertiary/aromatic N) is 3. The predicted molar refractivity (Wildman–Crippen MR) is 97.5 cm³/mol. The lowest BCUT2D eigenvalue weighted by atomic mass is 9.91. The van der Waals surface area contributed by atoms with Crippen molar-refractivity contribution in [2.75, 3.05) is 13.1 Å². The summed E-state index contributed by atoms with van der Waals surface area (Å²) in [5, 5.41) is 9.27. The lowest BCUT2D eigenvalue weighted by Gasteiger charge is -2.34. The Morgan fingerprint density at radius 2 is 2.00 bits per heavy atom. The van der Waals surface area contributed by atoms with Gasteiger partial charge in [-0.25, -0.2) is 9.18 Å². The molecule has 5 nitrogen and oxygen atoms in total. The quantitative estimate of drug-likeness (QED) is 0.885. The van der Waals surface area contributed by atoms with Crippen molar-refractivity contribution in [3.05, 3.63) is 47.7 Å². The van der Waals surface area contributed by atoms with Gasteiger partial charge >= 0.3 is 5.97 Å². The number of carboxylic acid groups (broad SMARTS) is 1. The van der Waals surface area contributed by atoms with Crippen molar-refractivity contribution in [1.82, 2.24) is 14.9 Å². The fraction of sp³-hybridized carbons (Fsp3) is 0.450. The molecule has 1 fully saturated rings. The number of hydrogen-bond donors (Lipinski definition) is 1. The van der Waals surface area contributed by atoms with Crippen molar-refractivity contribution >= 4 is 5.97 Å². The SMILES string of the molecule is CC(C)N1CCC(Cc2cnc(-c3cc(F)ccc3C(=O)O)cn2)CC1. The predicted octanol–water partition coefficient (Wildman–Crippen LogP) is 3.64. The number of piperidine rings is 1. The van der Waals surface area contributed by atoms with E-state index in [1.807, 2.05) is 0 Å². The van der Waals surface area contributed by atoms with Crippen LogP contribution in [0, 0.1) is 11.7 Å². The van der Waals surface area contributed by atoms with Gasteiger partial charge in [0.25, 0.3) is 0 Å². The van der Waals surface area contributed by atoms with Crippen LogP contribution in [0.5, 0.6) is 0 Å². The zero-order valence-electron chi connectivity index (χ0n) is 15.2. The van der Waals surface area contributed by atoms with Crippen molar-refractivity contribution < 1.29 is 14.3 Å². The van der Waals surface area contributed by atoms with Crippen LogP contribution in [0.4, 0.5) is 4.39 Å². The van der Waals surface area contributed by atoms with E-state index in [4.69, 9.17) is 0 Å². The van der Waals surface area contributed by atoms with E-state index in [9.17, 15) is 14.3 Å². The van der Waals surface area contributed by atoms with Gasteiger partial charge in [-0.1, -0.05) is 0 Å². The molecule has 2 heterocycles. The number of benzene rings is 1. The second-order valence-electron chi connectivity index (χ2n) is 7.17. The van der Waals surface area contributed by atoms with Gasteiger partial charge in [0.1, 0.15) is 5.82 Å². The van der Waals surface area contributed by atoms with E-state index >= 15 is 0 Å². The molecule has 3 rings (SSSR count). The first-order valence-corrected chi connectivity index (χ1v) is 9.02. The van der Waals surface area contributed by atoms with Crippen LogP contribution in [-0.2, 0) is 6.42 Å². The van der Waals surface area contributed by atoms with Crippen LogP contribution in [0.3, 0.4) is 0 Å². The van der Waals surface area contributed by atoms with Crippen molar-refractivity contribution in [2.24, 2.45) is 5.92 Å². The number of rotatable bonds is 5. The molecule has 0 saturated carbocycles. The van der Waals surface area contributed by atoms with E-state index in [1.54, 1.807) is 12.4 Å². The number of hydrogen-bond acceptors (Lipinski definition) is 4. The number of carboxylic acids is 1. The van der Waals surface area contributed by atoms with Gasteiger partial charge in [-0.3, -0.25) is 9.97 Å². The third-order valence-corrected chi connectivity index (χ3v) is 5.07. The normalized spacial score (nSPS) is 16.2. The molecule has 0 radical (unpaired) electrons. The summed E-state index contributed by atoms with van der Waals surface area (Å²) in [5.41, 5.74) is 1.54. The third kappa shape index (κ3) is 4.25. The Morgan fingerprint density at radius 3 is 2.58 bits per heavy atom. The molecule has 1 saturated heterocycles. The summed E-state index contributed by atoms with van der Waals surface area (Å²) in [6.45, 7) is 6.67. The van der Waals surface area contributed by atoms with Crippen LogP contribution in [0.15, 0.2) is 30.6 Å². The first kappa shape index (κ1) is 18.5. The minimum Gasteiger partial charge on any atom is -0.478 e. The molecule has 138 valence electrons. The molecule has 0 spiro atoms. The molecular formula is C20H24FN3O2. The highest BCUT2D eigenvalue weighted by Crippen LogP contribution is 2.25. The lowest BCUT2D eigenvalue weighted by Crippen LogP contribution is -2.38. The van der Waals surface area contributed by atoms with Gasteiger partial charge in [0.15, 0.2) is 0 Å². The highest BCUT2D eigenvalue weighted by molar-refractivity contribution is 5.95.